The normalized spacial score (nSPS) is 18.9. The Morgan fingerprint density at radius 2 is 1.97 bits per heavy atom. The lowest BCUT2D eigenvalue weighted by atomic mass is 9.97. The van der Waals surface area contributed by atoms with Crippen LogP contribution in [0, 0.1) is 0 Å². The lowest BCUT2D eigenvalue weighted by Gasteiger charge is -2.20. The molecule has 5 rings (SSSR count). The van der Waals surface area contributed by atoms with Gasteiger partial charge in [-0.3, -0.25) is 9.59 Å². The van der Waals surface area contributed by atoms with Gasteiger partial charge in [0.05, 0.1) is 18.9 Å². The molecule has 2 aromatic heterocycles. The summed E-state index contributed by atoms with van der Waals surface area (Å²) in [5.74, 6) is 1.93. The Bertz CT molecular complexity index is 1180. The monoisotopic (exact) mass is 451 g/mol. The number of hydrogen-bond donors (Lipinski definition) is 1. The molecule has 6 nitrogen and oxygen atoms in total. The molecule has 1 aliphatic heterocycles. The van der Waals surface area contributed by atoms with Crippen molar-refractivity contribution >= 4 is 27.5 Å². The smallest absolute Gasteiger partial charge is 0.259 e. The minimum absolute atomic E-state index is 0.0149. The predicted octanol–water partition coefficient (Wildman–Crippen LogP) is 4.21. The fourth-order valence-electron chi connectivity index (χ4n) is 5.02. The summed E-state index contributed by atoms with van der Waals surface area (Å²) in [5.41, 5.74) is 2.24. The highest BCUT2D eigenvalue weighted by Gasteiger charge is 2.25. The SMILES string of the molecule is COc1ccc(CC(=O)N2CCCC(c3nc4sc5c(c4c(=O)[nH]3)CCCC5)CC2)cc1. The van der Waals surface area contributed by atoms with Gasteiger partial charge >= 0.3 is 0 Å². The average Bonchev–Trinajstić information content (AvgIpc) is 3.00. The van der Waals surface area contributed by atoms with Gasteiger partial charge in [-0.1, -0.05) is 12.1 Å². The number of thiophene rings is 1. The molecule has 3 heterocycles. The Hall–Kier alpha value is -2.67. The number of amides is 1. The summed E-state index contributed by atoms with van der Waals surface area (Å²) in [7, 11) is 1.64. The van der Waals surface area contributed by atoms with Crippen molar-refractivity contribution in [2.45, 2.75) is 57.3 Å². The summed E-state index contributed by atoms with van der Waals surface area (Å²) in [4.78, 5) is 38.0. The van der Waals surface area contributed by atoms with E-state index in [0.717, 1.165) is 72.4 Å². The summed E-state index contributed by atoms with van der Waals surface area (Å²) in [6, 6.07) is 7.67. The number of rotatable bonds is 4. The molecule has 0 saturated carbocycles. The van der Waals surface area contributed by atoms with Crippen molar-refractivity contribution in [3.63, 3.8) is 0 Å². The lowest BCUT2D eigenvalue weighted by molar-refractivity contribution is -0.130. The molecule has 7 heteroatoms. The summed E-state index contributed by atoms with van der Waals surface area (Å²) < 4.78 is 5.19. The molecule has 1 N–H and O–H groups in total. The highest BCUT2D eigenvalue weighted by molar-refractivity contribution is 7.18. The number of carbonyl (C=O) groups excluding carboxylic acids is 1. The fourth-order valence-corrected chi connectivity index (χ4v) is 6.29. The molecular weight excluding hydrogens is 422 g/mol. The van der Waals surface area contributed by atoms with E-state index in [-0.39, 0.29) is 17.4 Å². The number of H-pyrrole nitrogens is 1. The van der Waals surface area contributed by atoms with Crippen LogP contribution in [0.25, 0.3) is 10.2 Å². The molecule has 3 aromatic rings. The third-order valence-electron chi connectivity index (χ3n) is 6.83. The molecule has 32 heavy (non-hydrogen) atoms. The van der Waals surface area contributed by atoms with Crippen LogP contribution in [0.4, 0.5) is 0 Å². The van der Waals surface area contributed by atoms with Gasteiger partial charge in [0.1, 0.15) is 16.4 Å². The predicted molar refractivity (Wildman–Crippen MR) is 127 cm³/mol. The first-order chi connectivity index (χ1) is 15.6. The number of aromatic amines is 1. The number of benzene rings is 1. The molecule has 0 spiro atoms. The zero-order valence-electron chi connectivity index (χ0n) is 18.5. The van der Waals surface area contributed by atoms with E-state index in [1.165, 1.54) is 16.9 Å². The Morgan fingerprint density at radius 3 is 2.78 bits per heavy atom. The van der Waals surface area contributed by atoms with Crippen LogP contribution in [-0.2, 0) is 24.1 Å². The van der Waals surface area contributed by atoms with Crippen LogP contribution >= 0.6 is 11.3 Å². The van der Waals surface area contributed by atoms with Crippen molar-refractivity contribution in [1.29, 1.82) is 0 Å². The number of aryl methyl sites for hydroxylation is 2. The van der Waals surface area contributed by atoms with E-state index in [9.17, 15) is 9.59 Å². The van der Waals surface area contributed by atoms with Gasteiger partial charge in [-0.25, -0.2) is 4.98 Å². The third kappa shape index (κ3) is 4.18. The minimum atomic E-state index is 0.0149. The van der Waals surface area contributed by atoms with Gasteiger partial charge in [0.15, 0.2) is 0 Å². The molecule has 1 amide bonds. The van der Waals surface area contributed by atoms with E-state index < -0.39 is 0 Å². The van der Waals surface area contributed by atoms with Gasteiger partial charge in [-0.15, -0.1) is 11.3 Å². The number of nitrogens with zero attached hydrogens (tertiary/aromatic N) is 2. The largest absolute Gasteiger partial charge is 0.497 e. The van der Waals surface area contributed by atoms with Crippen molar-refractivity contribution in [3.05, 3.63) is 56.4 Å². The minimum Gasteiger partial charge on any atom is -0.497 e. The fraction of sp³-hybridized carbons (Fsp3) is 0.480. The van der Waals surface area contributed by atoms with Crippen LogP contribution < -0.4 is 10.3 Å². The van der Waals surface area contributed by atoms with E-state index >= 15 is 0 Å². The zero-order valence-corrected chi connectivity index (χ0v) is 19.3. The van der Waals surface area contributed by atoms with Crippen LogP contribution in [-0.4, -0.2) is 41.0 Å². The molecule has 2 aliphatic rings. The Labute approximate surface area is 191 Å². The van der Waals surface area contributed by atoms with E-state index in [1.807, 2.05) is 29.2 Å². The number of nitrogens with one attached hydrogen (secondary N) is 1. The number of aromatic nitrogens is 2. The summed E-state index contributed by atoms with van der Waals surface area (Å²) in [6.45, 7) is 1.45. The first kappa shape index (κ1) is 21.2. The second-order valence-corrected chi connectivity index (χ2v) is 9.96. The van der Waals surface area contributed by atoms with Gasteiger partial charge in [0, 0.05) is 23.9 Å². The number of hydrogen-bond acceptors (Lipinski definition) is 5. The van der Waals surface area contributed by atoms with Gasteiger partial charge < -0.3 is 14.6 Å². The zero-order chi connectivity index (χ0) is 22.1. The number of carbonyl (C=O) groups is 1. The van der Waals surface area contributed by atoms with E-state index in [4.69, 9.17) is 9.72 Å². The Kier molecular flexibility index (Phi) is 6.00. The molecule has 1 saturated heterocycles. The van der Waals surface area contributed by atoms with Crippen molar-refractivity contribution in [2.24, 2.45) is 0 Å². The van der Waals surface area contributed by atoms with Crippen LogP contribution in [0.5, 0.6) is 5.75 Å². The van der Waals surface area contributed by atoms with Gasteiger partial charge in [-0.2, -0.15) is 0 Å². The first-order valence-electron chi connectivity index (χ1n) is 11.6. The second kappa shape index (κ2) is 9.06. The van der Waals surface area contributed by atoms with Crippen LogP contribution in [0.15, 0.2) is 29.1 Å². The Balaban J connectivity index is 1.29. The quantitative estimate of drug-likeness (QED) is 0.645. The molecule has 1 fully saturated rings. The number of ether oxygens (including phenoxy) is 1. The topological polar surface area (TPSA) is 75.3 Å². The third-order valence-corrected chi connectivity index (χ3v) is 8.01. The molecule has 1 aliphatic carbocycles. The van der Waals surface area contributed by atoms with Crippen molar-refractivity contribution < 1.29 is 9.53 Å². The second-order valence-electron chi connectivity index (χ2n) is 8.88. The first-order valence-corrected chi connectivity index (χ1v) is 12.4. The molecule has 1 aromatic carbocycles. The standard InChI is InChI=1S/C25H29N3O3S/c1-31-18-10-8-16(9-11-18)15-21(29)28-13-4-5-17(12-14-28)23-26-24(30)22-19-6-2-3-7-20(19)32-25(22)27-23/h8-11,17H,2-7,12-15H2,1H3,(H,26,27,30). The van der Waals surface area contributed by atoms with E-state index in [0.29, 0.717) is 13.0 Å². The molecule has 1 unspecified atom stereocenters. The van der Waals surface area contributed by atoms with E-state index in [1.54, 1.807) is 18.4 Å². The van der Waals surface area contributed by atoms with Crippen molar-refractivity contribution in [1.82, 2.24) is 14.9 Å². The van der Waals surface area contributed by atoms with Gasteiger partial charge in [0.2, 0.25) is 5.91 Å². The molecule has 0 bridgehead atoms. The summed E-state index contributed by atoms with van der Waals surface area (Å²) in [6.07, 6.45) is 7.50. The van der Waals surface area contributed by atoms with Crippen molar-refractivity contribution in [3.8, 4) is 5.75 Å². The lowest BCUT2D eigenvalue weighted by Crippen LogP contribution is -2.33. The van der Waals surface area contributed by atoms with Crippen LogP contribution in [0.1, 0.15) is 59.9 Å². The van der Waals surface area contributed by atoms with E-state index in [2.05, 4.69) is 4.98 Å². The molecule has 0 radical (unpaired) electrons. The number of fused-ring (bicyclic) bond motifs is 3. The summed E-state index contributed by atoms with van der Waals surface area (Å²) in [5, 5.41) is 0.818. The van der Waals surface area contributed by atoms with Crippen molar-refractivity contribution in [2.75, 3.05) is 20.2 Å². The number of methoxy groups -OCH3 is 1. The molecule has 1 atom stereocenters. The van der Waals surface area contributed by atoms with Crippen LogP contribution in [0.2, 0.25) is 0 Å². The average molecular weight is 452 g/mol. The summed E-state index contributed by atoms with van der Waals surface area (Å²) >= 11 is 1.70. The van der Waals surface area contributed by atoms with Crippen LogP contribution in [0.3, 0.4) is 0 Å². The number of likely N-dealkylation sites (tertiary alicyclic amines) is 1. The molecule has 168 valence electrons. The highest BCUT2D eigenvalue weighted by Crippen LogP contribution is 2.35. The maximum Gasteiger partial charge on any atom is 0.259 e. The Morgan fingerprint density at radius 1 is 1.16 bits per heavy atom. The highest BCUT2D eigenvalue weighted by atomic mass is 32.1. The maximum absolute atomic E-state index is 12.9. The molecular formula is C25H29N3O3S. The van der Waals surface area contributed by atoms with Gasteiger partial charge in [0.25, 0.3) is 5.56 Å². The maximum atomic E-state index is 12.9. The van der Waals surface area contributed by atoms with Gasteiger partial charge in [-0.05, 0) is 68.2 Å².